The van der Waals surface area contributed by atoms with Gasteiger partial charge < -0.3 is 15.7 Å². The minimum absolute atomic E-state index is 0.186. The molecule has 86 valence electrons. The quantitative estimate of drug-likeness (QED) is 0.607. The lowest BCUT2D eigenvalue weighted by atomic mass is 9.98. The highest BCUT2D eigenvalue weighted by atomic mass is 16.4. The van der Waals surface area contributed by atoms with Gasteiger partial charge in [-0.05, 0) is 19.4 Å². The van der Waals surface area contributed by atoms with Gasteiger partial charge in [-0.25, -0.2) is 4.79 Å². The topological polar surface area (TPSA) is 78.4 Å². The maximum Gasteiger partial charge on any atom is 0.329 e. The lowest BCUT2D eigenvalue weighted by Gasteiger charge is -2.25. The minimum Gasteiger partial charge on any atom is -0.480 e. The lowest BCUT2D eigenvalue weighted by molar-refractivity contribution is -0.147. The van der Waals surface area contributed by atoms with E-state index in [4.69, 9.17) is 5.11 Å². The number of likely N-dealkylation sites (N-methyl/N-ethyl adjacent to an activating group) is 1. The molecule has 3 N–H and O–H groups in total. The molecule has 0 aromatic heterocycles. The van der Waals surface area contributed by atoms with Crippen LogP contribution in [0.2, 0.25) is 0 Å². The molecule has 0 spiro atoms. The predicted molar refractivity (Wildman–Crippen MR) is 55.5 cm³/mol. The number of hydrogen-bond donors (Lipinski definition) is 3. The van der Waals surface area contributed by atoms with Gasteiger partial charge >= 0.3 is 5.97 Å². The number of carboxylic acid groups (broad SMARTS) is 1. The van der Waals surface area contributed by atoms with E-state index in [2.05, 4.69) is 10.6 Å². The first kappa shape index (κ1) is 12.0. The standard InChI is InChI=1S/C10H18N2O3/c1-2-11-7-8(13)12-10(9(14)15)5-3-4-6-10/h11H,2-7H2,1H3,(H,12,13)(H,14,15). The predicted octanol–water partition coefficient (Wildman–Crippen LogP) is 0.109. The van der Waals surface area contributed by atoms with Crippen LogP contribution in [0.3, 0.4) is 0 Å². The average molecular weight is 214 g/mol. The molecule has 0 aliphatic heterocycles. The number of carbonyl (C=O) groups is 2. The van der Waals surface area contributed by atoms with Crippen molar-refractivity contribution in [3.05, 3.63) is 0 Å². The first-order valence-corrected chi connectivity index (χ1v) is 5.36. The highest BCUT2D eigenvalue weighted by Gasteiger charge is 2.42. The van der Waals surface area contributed by atoms with Crippen molar-refractivity contribution in [2.45, 2.75) is 38.1 Å². The molecule has 5 nitrogen and oxygen atoms in total. The van der Waals surface area contributed by atoms with E-state index in [0.29, 0.717) is 19.4 Å². The van der Waals surface area contributed by atoms with Gasteiger partial charge in [-0.2, -0.15) is 0 Å². The summed E-state index contributed by atoms with van der Waals surface area (Å²) in [6, 6.07) is 0. The van der Waals surface area contributed by atoms with Gasteiger partial charge in [0.05, 0.1) is 6.54 Å². The van der Waals surface area contributed by atoms with Crippen molar-refractivity contribution in [3.63, 3.8) is 0 Å². The Morgan fingerprint density at radius 2 is 1.93 bits per heavy atom. The van der Waals surface area contributed by atoms with Gasteiger partial charge in [-0.15, -0.1) is 0 Å². The molecule has 0 aromatic rings. The molecule has 0 heterocycles. The van der Waals surface area contributed by atoms with Gasteiger partial charge in [0.15, 0.2) is 0 Å². The van der Waals surface area contributed by atoms with Crippen LogP contribution in [0.1, 0.15) is 32.6 Å². The molecular formula is C10H18N2O3. The molecule has 0 bridgehead atoms. The van der Waals surface area contributed by atoms with Crippen molar-refractivity contribution in [2.24, 2.45) is 0 Å². The molecule has 1 aliphatic carbocycles. The second kappa shape index (κ2) is 5.11. The van der Waals surface area contributed by atoms with E-state index in [1.807, 2.05) is 6.92 Å². The maximum atomic E-state index is 11.4. The molecule has 0 atom stereocenters. The number of nitrogens with one attached hydrogen (secondary N) is 2. The largest absolute Gasteiger partial charge is 0.480 e. The van der Waals surface area contributed by atoms with Gasteiger partial charge in [0.25, 0.3) is 0 Å². The van der Waals surface area contributed by atoms with E-state index in [-0.39, 0.29) is 12.5 Å². The third-order valence-corrected chi connectivity index (χ3v) is 2.78. The summed E-state index contributed by atoms with van der Waals surface area (Å²) >= 11 is 0. The van der Waals surface area contributed by atoms with Crippen LogP contribution in [-0.2, 0) is 9.59 Å². The van der Waals surface area contributed by atoms with Crippen molar-refractivity contribution in [1.82, 2.24) is 10.6 Å². The zero-order chi connectivity index (χ0) is 11.3. The van der Waals surface area contributed by atoms with E-state index in [1.54, 1.807) is 0 Å². The monoisotopic (exact) mass is 214 g/mol. The first-order valence-electron chi connectivity index (χ1n) is 5.36. The zero-order valence-corrected chi connectivity index (χ0v) is 9.01. The molecule has 0 aromatic carbocycles. The Bertz CT molecular complexity index is 247. The van der Waals surface area contributed by atoms with Crippen LogP contribution in [0.5, 0.6) is 0 Å². The van der Waals surface area contributed by atoms with Crippen LogP contribution in [0.25, 0.3) is 0 Å². The van der Waals surface area contributed by atoms with Crippen molar-refractivity contribution in [3.8, 4) is 0 Å². The average Bonchev–Trinajstić information content (AvgIpc) is 2.64. The molecule has 0 radical (unpaired) electrons. The zero-order valence-electron chi connectivity index (χ0n) is 9.01. The molecular weight excluding hydrogens is 196 g/mol. The second-order valence-corrected chi connectivity index (χ2v) is 3.92. The minimum atomic E-state index is -1.01. The summed E-state index contributed by atoms with van der Waals surface area (Å²) in [5.74, 6) is -1.15. The third kappa shape index (κ3) is 2.92. The first-order chi connectivity index (χ1) is 7.10. The van der Waals surface area contributed by atoms with Crippen molar-refractivity contribution in [1.29, 1.82) is 0 Å². The number of carboxylic acids is 1. The SMILES string of the molecule is CCNCC(=O)NC1(C(=O)O)CCCC1. The van der Waals surface area contributed by atoms with E-state index < -0.39 is 11.5 Å². The van der Waals surface area contributed by atoms with Crippen molar-refractivity contribution in [2.75, 3.05) is 13.1 Å². The molecule has 5 heteroatoms. The van der Waals surface area contributed by atoms with E-state index in [9.17, 15) is 9.59 Å². The summed E-state index contributed by atoms with van der Waals surface area (Å²) in [7, 11) is 0. The molecule has 1 amide bonds. The Morgan fingerprint density at radius 1 is 1.33 bits per heavy atom. The van der Waals surface area contributed by atoms with Gasteiger partial charge in [0.1, 0.15) is 5.54 Å². The molecule has 0 unspecified atom stereocenters. The van der Waals surface area contributed by atoms with E-state index >= 15 is 0 Å². The van der Waals surface area contributed by atoms with Crippen LogP contribution < -0.4 is 10.6 Å². The number of amides is 1. The van der Waals surface area contributed by atoms with Gasteiger partial charge in [0.2, 0.25) is 5.91 Å². The van der Waals surface area contributed by atoms with Crippen LogP contribution in [0, 0.1) is 0 Å². The Kier molecular flexibility index (Phi) is 4.08. The Hall–Kier alpha value is -1.10. The number of rotatable bonds is 5. The highest BCUT2D eigenvalue weighted by Crippen LogP contribution is 2.29. The number of carbonyl (C=O) groups excluding carboxylic acids is 1. The van der Waals surface area contributed by atoms with Gasteiger partial charge in [0, 0.05) is 0 Å². The van der Waals surface area contributed by atoms with Crippen LogP contribution >= 0.6 is 0 Å². The molecule has 1 rings (SSSR count). The summed E-state index contributed by atoms with van der Waals surface area (Å²) < 4.78 is 0. The molecule has 1 fully saturated rings. The second-order valence-electron chi connectivity index (χ2n) is 3.92. The highest BCUT2D eigenvalue weighted by molar-refractivity contribution is 5.88. The summed E-state index contributed by atoms with van der Waals surface area (Å²) in [5, 5.41) is 14.6. The fourth-order valence-electron chi connectivity index (χ4n) is 1.92. The molecule has 0 saturated heterocycles. The maximum absolute atomic E-state index is 11.4. The van der Waals surface area contributed by atoms with E-state index in [0.717, 1.165) is 12.8 Å². The smallest absolute Gasteiger partial charge is 0.329 e. The lowest BCUT2D eigenvalue weighted by Crippen LogP contribution is -2.54. The van der Waals surface area contributed by atoms with Gasteiger partial charge in [-0.3, -0.25) is 4.79 Å². The van der Waals surface area contributed by atoms with E-state index in [1.165, 1.54) is 0 Å². The molecule has 1 aliphatic rings. The fourth-order valence-corrected chi connectivity index (χ4v) is 1.92. The Morgan fingerprint density at radius 3 is 2.40 bits per heavy atom. The Balaban J connectivity index is 2.52. The summed E-state index contributed by atoms with van der Waals surface area (Å²) in [5.41, 5.74) is -1.01. The third-order valence-electron chi connectivity index (χ3n) is 2.78. The van der Waals surface area contributed by atoms with Crippen molar-refractivity contribution < 1.29 is 14.7 Å². The van der Waals surface area contributed by atoms with Crippen molar-refractivity contribution >= 4 is 11.9 Å². The Labute approximate surface area is 89.2 Å². The van der Waals surface area contributed by atoms with Gasteiger partial charge in [-0.1, -0.05) is 19.8 Å². The van der Waals surface area contributed by atoms with Crippen LogP contribution in [0.4, 0.5) is 0 Å². The van der Waals surface area contributed by atoms with Crippen LogP contribution in [-0.4, -0.2) is 35.6 Å². The fraction of sp³-hybridized carbons (Fsp3) is 0.800. The normalized spacial score (nSPS) is 18.7. The number of aliphatic carboxylic acids is 1. The summed E-state index contributed by atoms with van der Waals surface area (Å²) in [6.45, 7) is 2.79. The molecule has 15 heavy (non-hydrogen) atoms. The van der Waals surface area contributed by atoms with Crippen LogP contribution in [0.15, 0.2) is 0 Å². The number of hydrogen-bond acceptors (Lipinski definition) is 3. The molecule has 1 saturated carbocycles. The summed E-state index contributed by atoms with van der Waals surface area (Å²) in [4.78, 5) is 22.5. The summed E-state index contributed by atoms with van der Waals surface area (Å²) in [6.07, 6.45) is 2.82.